The van der Waals surface area contributed by atoms with Crippen LogP contribution in [0.15, 0.2) is 101 Å². The number of methoxy groups -OCH3 is 1. The number of carbonyl (C=O) groups is 1. The summed E-state index contributed by atoms with van der Waals surface area (Å²) in [5.41, 5.74) is 4.51. The standard InChI is InChI=1S/C29H28N4O3S/c1-20-25(27(34)35-2)26(23-13-15-24(16-14-23)36-18-17-21-9-5-3-6-10-21)33-28(30-20)31-29(32-33)37-19-22-11-7-4-8-12-22/h3-16,26H,17-19H2,1-2H3,(H,30,31,32). The molecule has 8 heteroatoms. The number of nitrogens with zero attached hydrogens (tertiary/aromatic N) is 3. The van der Waals surface area contributed by atoms with Crippen LogP contribution in [0.5, 0.6) is 5.75 Å². The lowest BCUT2D eigenvalue weighted by Crippen LogP contribution is -2.29. The van der Waals surface area contributed by atoms with Crippen molar-refractivity contribution in [2.75, 3.05) is 19.0 Å². The molecule has 0 fully saturated rings. The van der Waals surface area contributed by atoms with Crippen LogP contribution in [0.3, 0.4) is 0 Å². The normalized spacial score (nSPS) is 14.6. The van der Waals surface area contributed by atoms with Crippen LogP contribution in [0.4, 0.5) is 5.95 Å². The first-order valence-corrected chi connectivity index (χ1v) is 13.1. The quantitative estimate of drug-likeness (QED) is 0.229. The molecular formula is C29H28N4O3S. The smallest absolute Gasteiger partial charge is 0.338 e. The van der Waals surface area contributed by atoms with Gasteiger partial charge in [0.1, 0.15) is 11.8 Å². The number of hydrogen-bond donors (Lipinski definition) is 1. The SMILES string of the molecule is COC(=O)C1=C(C)Nc2nc(SCc3ccccc3)nn2C1c1ccc(OCCc2ccccc2)cc1. The Morgan fingerprint density at radius 1 is 0.973 bits per heavy atom. The highest BCUT2D eigenvalue weighted by molar-refractivity contribution is 7.98. The molecule has 1 aromatic heterocycles. The second-order valence-corrected chi connectivity index (χ2v) is 9.59. The average molecular weight is 513 g/mol. The summed E-state index contributed by atoms with van der Waals surface area (Å²) in [4.78, 5) is 17.5. The third-order valence-electron chi connectivity index (χ3n) is 6.15. The second kappa shape index (κ2) is 11.3. The fourth-order valence-electron chi connectivity index (χ4n) is 4.27. The zero-order valence-electron chi connectivity index (χ0n) is 20.8. The van der Waals surface area contributed by atoms with E-state index in [1.54, 1.807) is 16.4 Å². The highest BCUT2D eigenvalue weighted by Gasteiger charge is 2.35. The lowest BCUT2D eigenvalue weighted by Gasteiger charge is -2.27. The third-order valence-corrected chi connectivity index (χ3v) is 7.06. The molecule has 0 bridgehead atoms. The first-order chi connectivity index (χ1) is 18.1. The number of thioether (sulfide) groups is 1. The van der Waals surface area contributed by atoms with Crippen LogP contribution in [-0.4, -0.2) is 34.5 Å². The molecule has 0 saturated heterocycles. The van der Waals surface area contributed by atoms with Crippen molar-refractivity contribution in [3.05, 3.63) is 113 Å². The summed E-state index contributed by atoms with van der Waals surface area (Å²) in [7, 11) is 1.39. The first-order valence-electron chi connectivity index (χ1n) is 12.1. The number of nitrogens with one attached hydrogen (secondary N) is 1. The highest BCUT2D eigenvalue weighted by atomic mass is 32.2. The molecule has 0 spiro atoms. The van der Waals surface area contributed by atoms with Crippen molar-refractivity contribution in [3.63, 3.8) is 0 Å². The summed E-state index contributed by atoms with van der Waals surface area (Å²) in [6.07, 6.45) is 0.830. The Morgan fingerprint density at radius 3 is 2.32 bits per heavy atom. The van der Waals surface area contributed by atoms with Crippen molar-refractivity contribution in [2.24, 2.45) is 0 Å². The van der Waals surface area contributed by atoms with Gasteiger partial charge in [0.05, 0.1) is 19.3 Å². The van der Waals surface area contributed by atoms with E-state index in [1.165, 1.54) is 18.2 Å². The maximum Gasteiger partial charge on any atom is 0.338 e. The Labute approximate surface area is 220 Å². The Balaban J connectivity index is 1.36. The maximum absolute atomic E-state index is 12.8. The van der Waals surface area contributed by atoms with E-state index in [2.05, 4.69) is 29.6 Å². The van der Waals surface area contributed by atoms with E-state index in [0.717, 1.165) is 23.5 Å². The number of fused-ring (bicyclic) bond motifs is 1. The van der Waals surface area contributed by atoms with Crippen LogP contribution in [0.2, 0.25) is 0 Å². The number of rotatable bonds is 9. The first kappa shape index (κ1) is 24.6. The molecule has 5 rings (SSSR count). The molecule has 0 amide bonds. The van der Waals surface area contributed by atoms with Crippen molar-refractivity contribution in [3.8, 4) is 5.75 Å². The zero-order valence-corrected chi connectivity index (χ0v) is 21.6. The van der Waals surface area contributed by atoms with Crippen molar-refractivity contribution in [1.82, 2.24) is 14.8 Å². The van der Waals surface area contributed by atoms with Gasteiger partial charge in [0.15, 0.2) is 0 Å². The number of aromatic nitrogens is 3. The summed E-state index contributed by atoms with van der Waals surface area (Å²) < 4.78 is 12.9. The number of allylic oxidation sites excluding steroid dienone is 1. The summed E-state index contributed by atoms with van der Waals surface area (Å²) >= 11 is 1.55. The van der Waals surface area contributed by atoms with E-state index < -0.39 is 12.0 Å². The lowest BCUT2D eigenvalue weighted by atomic mass is 9.96. The highest BCUT2D eigenvalue weighted by Crippen LogP contribution is 2.37. The summed E-state index contributed by atoms with van der Waals surface area (Å²) in [6.45, 7) is 2.44. The van der Waals surface area contributed by atoms with Gasteiger partial charge in [0, 0.05) is 17.9 Å². The fraction of sp³-hybridized carbons (Fsp3) is 0.207. The molecule has 37 heavy (non-hydrogen) atoms. The van der Waals surface area contributed by atoms with E-state index in [0.29, 0.717) is 29.0 Å². The number of anilines is 1. The Kier molecular flexibility index (Phi) is 7.56. The van der Waals surface area contributed by atoms with Gasteiger partial charge in [-0.15, -0.1) is 5.10 Å². The van der Waals surface area contributed by atoms with E-state index in [9.17, 15) is 4.79 Å². The van der Waals surface area contributed by atoms with Gasteiger partial charge in [-0.05, 0) is 35.7 Å². The van der Waals surface area contributed by atoms with E-state index in [4.69, 9.17) is 19.6 Å². The van der Waals surface area contributed by atoms with Crippen LogP contribution in [0, 0.1) is 0 Å². The number of carbonyl (C=O) groups excluding carboxylic acids is 1. The average Bonchev–Trinajstić information content (AvgIpc) is 3.35. The molecule has 1 unspecified atom stereocenters. The summed E-state index contributed by atoms with van der Waals surface area (Å²) in [5.74, 6) is 1.71. The van der Waals surface area contributed by atoms with Gasteiger partial charge >= 0.3 is 5.97 Å². The molecule has 7 nitrogen and oxygen atoms in total. The van der Waals surface area contributed by atoms with Gasteiger partial charge in [-0.3, -0.25) is 0 Å². The van der Waals surface area contributed by atoms with Crippen LogP contribution < -0.4 is 10.1 Å². The molecule has 4 aromatic rings. The maximum atomic E-state index is 12.8. The van der Waals surface area contributed by atoms with Crippen LogP contribution in [-0.2, 0) is 21.7 Å². The van der Waals surface area contributed by atoms with Crippen molar-refractivity contribution in [1.29, 1.82) is 0 Å². The van der Waals surface area contributed by atoms with Gasteiger partial charge in [0.2, 0.25) is 11.1 Å². The monoisotopic (exact) mass is 512 g/mol. The second-order valence-electron chi connectivity index (χ2n) is 8.65. The summed E-state index contributed by atoms with van der Waals surface area (Å²) in [5, 5.41) is 8.63. The topological polar surface area (TPSA) is 78.3 Å². The van der Waals surface area contributed by atoms with Crippen molar-refractivity contribution < 1.29 is 14.3 Å². The number of benzene rings is 3. The molecule has 2 heterocycles. The fourth-order valence-corrected chi connectivity index (χ4v) is 5.06. The predicted octanol–water partition coefficient (Wildman–Crippen LogP) is 5.65. The molecule has 188 valence electrons. The van der Waals surface area contributed by atoms with Gasteiger partial charge in [-0.2, -0.15) is 4.98 Å². The lowest BCUT2D eigenvalue weighted by molar-refractivity contribution is -0.136. The minimum Gasteiger partial charge on any atom is -0.493 e. The van der Waals surface area contributed by atoms with Gasteiger partial charge in [-0.25, -0.2) is 9.48 Å². The van der Waals surface area contributed by atoms with Crippen molar-refractivity contribution in [2.45, 2.75) is 30.3 Å². The van der Waals surface area contributed by atoms with Crippen LogP contribution >= 0.6 is 11.8 Å². The Morgan fingerprint density at radius 2 is 1.65 bits per heavy atom. The van der Waals surface area contributed by atoms with Gasteiger partial charge in [-0.1, -0.05) is 84.6 Å². The molecule has 1 N–H and O–H groups in total. The Hall–Kier alpha value is -4.04. The van der Waals surface area contributed by atoms with E-state index >= 15 is 0 Å². The minimum atomic E-state index is -0.472. The van der Waals surface area contributed by atoms with Crippen LogP contribution in [0.1, 0.15) is 29.7 Å². The van der Waals surface area contributed by atoms with Crippen molar-refractivity contribution >= 4 is 23.7 Å². The molecular weight excluding hydrogens is 484 g/mol. The number of esters is 1. The minimum absolute atomic E-state index is 0.405. The van der Waals surface area contributed by atoms with Gasteiger partial charge < -0.3 is 14.8 Å². The zero-order chi connectivity index (χ0) is 25.6. The van der Waals surface area contributed by atoms with E-state index in [-0.39, 0.29) is 0 Å². The molecule has 1 aliphatic rings. The summed E-state index contributed by atoms with van der Waals surface area (Å²) in [6, 6.07) is 27.7. The molecule has 3 aromatic carbocycles. The Bertz CT molecular complexity index is 1390. The molecule has 0 radical (unpaired) electrons. The van der Waals surface area contributed by atoms with E-state index in [1.807, 2.05) is 67.6 Å². The molecule has 0 saturated carbocycles. The van der Waals surface area contributed by atoms with Gasteiger partial charge in [0.25, 0.3) is 0 Å². The number of hydrogen-bond acceptors (Lipinski definition) is 7. The molecule has 1 atom stereocenters. The largest absolute Gasteiger partial charge is 0.493 e. The molecule has 1 aliphatic heterocycles. The predicted molar refractivity (Wildman–Crippen MR) is 145 cm³/mol. The third kappa shape index (κ3) is 5.70. The molecule has 0 aliphatic carbocycles. The number of ether oxygens (including phenoxy) is 2. The van der Waals surface area contributed by atoms with Crippen LogP contribution in [0.25, 0.3) is 0 Å².